The minimum absolute atomic E-state index is 0.118. The van der Waals surface area contributed by atoms with E-state index in [-0.39, 0.29) is 22.1 Å². The van der Waals surface area contributed by atoms with E-state index >= 15 is 0 Å². The average molecular weight is 410 g/mol. The minimum atomic E-state index is -1.09. The van der Waals surface area contributed by atoms with Crippen molar-refractivity contribution in [2.45, 2.75) is 52.2 Å². The molecule has 1 aliphatic rings. The fourth-order valence-electron chi connectivity index (χ4n) is 3.92. The van der Waals surface area contributed by atoms with E-state index in [2.05, 4.69) is 0 Å². The van der Waals surface area contributed by atoms with Gasteiger partial charge in [-0.2, -0.15) is 0 Å². The van der Waals surface area contributed by atoms with Gasteiger partial charge in [-0.15, -0.1) is 0 Å². The molecule has 0 amide bonds. The third-order valence-electron chi connectivity index (χ3n) is 5.62. The van der Waals surface area contributed by atoms with Crippen LogP contribution in [0.1, 0.15) is 38.8 Å². The van der Waals surface area contributed by atoms with E-state index in [4.69, 9.17) is 13.9 Å². The number of rotatable bonds is 4. The van der Waals surface area contributed by atoms with Crippen LogP contribution in [0.2, 0.25) is 0 Å². The second-order valence-corrected chi connectivity index (χ2v) is 8.58. The number of benzene rings is 2. The highest BCUT2D eigenvalue weighted by molar-refractivity contribution is 5.97. The summed E-state index contributed by atoms with van der Waals surface area (Å²) in [6.45, 7) is 7.28. The molecule has 4 rings (SSSR count). The van der Waals surface area contributed by atoms with Gasteiger partial charge in [-0.05, 0) is 46.2 Å². The first-order valence-corrected chi connectivity index (χ1v) is 9.95. The predicted octanol–water partition coefficient (Wildman–Crippen LogP) is 4.24. The van der Waals surface area contributed by atoms with Crippen molar-refractivity contribution in [3.8, 4) is 17.2 Å². The first kappa shape index (κ1) is 20.3. The number of fused-ring (bicyclic) bond motifs is 3. The van der Waals surface area contributed by atoms with E-state index in [9.17, 15) is 15.0 Å². The van der Waals surface area contributed by atoms with Gasteiger partial charge in [0.1, 0.15) is 39.9 Å². The summed E-state index contributed by atoms with van der Waals surface area (Å²) < 4.78 is 17.3. The molecule has 158 valence electrons. The van der Waals surface area contributed by atoms with Crippen LogP contribution in [0, 0.1) is 0 Å². The maximum Gasteiger partial charge on any atom is 0.204 e. The zero-order chi connectivity index (χ0) is 21.8. The maximum absolute atomic E-state index is 13.5. The van der Waals surface area contributed by atoms with Crippen molar-refractivity contribution in [1.82, 2.24) is 0 Å². The van der Waals surface area contributed by atoms with Crippen LogP contribution in [0.3, 0.4) is 0 Å². The van der Waals surface area contributed by atoms with Gasteiger partial charge >= 0.3 is 0 Å². The Morgan fingerprint density at radius 1 is 1.27 bits per heavy atom. The fraction of sp³-hybridized carbons (Fsp3) is 0.375. The van der Waals surface area contributed by atoms with E-state index in [1.165, 1.54) is 0 Å². The maximum atomic E-state index is 13.5. The molecule has 30 heavy (non-hydrogen) atoms. The van der Waals surface area contributed by atoms with E-state index in [0.29, 0.717) is 40.9 Å². The Balaban J connectivity index is 2.01. The SMILES string of the molecule is COc1ccc2oc3cc4c(c(O)c3c(=O)c2c1CC=C(C)C)CC(C(C)(C)O)O4. The number of phenolic OH excluding ortho intramolecular Hbond substituents is 1. The lowest BCUT2D eigenvalue weighted by atomic mass is 9.95. The van der Waals surface area contributed by atoms with Crippen LogP contribution < -0.4 is 14.9 Å². The first-order chi connectivity index (χ1) is 14.1. The minimum Gasteiger partial charge on any atom is -0.507 e. The number of ether oxygens (including phenoxy) is 2. The van der Waals surface area contributed by atoms with Gasteiger partial charge in [-0.3, -0.25) is 4.79 Å². The van der Waals surface area contributed by atoms with Crippen molar-refractivity contribution in [3.63, 3.8) is 0 Å². The van der Waals surface area contributed by atoms with Gasteiger partial charge in [0.25, 0.3) is 0 Å². The first-order valence-electron chi connectivity index (χ1n) is 9.95. The van der Waals surface area contributed by atoms with Gasteiger partial charge in [-0.25, -0.2) is 0 Å². The van der Waals surface area contributed by atoms with Gasteiger partial charge in [0.05, 0.1) is 18.1 Å². The van der Waals surface area contributed by atoms with Gasteiger partial charge in [0, 0.05) is 23.6 Å². The molecule has 2 aromatic carbocycles. The van der Waals surface area contributed by atoms with Crippen LogP contribution in [0.4, 0.5) is 0 Å². The Bertz CT molecular complexity index is 1240. The molecule has 0 saturated heterocycles. The second kappa shape index (κ2) is 7.06. The van der Waals surface area contributed by atoms with Crippen molar-refractivity contribution in [1.29, 1.82) is 0 Å². The number of phenols is 1. The lowest BCUT2D eigenvalue weighted by molar-refractivity contribution is -0.0229. The molecule has 0 radical (unpaired) electrons. The lowest BCUT2D eigenvalue weighted by Gasteiger charge is -2.24. The molecule has 2 N–H and O–H groups in total. The molecule has 0 fully saturated rings. The third kappa shape index (κ3) is 3.21. The molecule has 2 heterocycles. The normalized spacial score (nSPS) is 15.9. The highest BCUT2D eigenvalue weighted by Gasteiger charge is 2.37. The van der Waals surface area contributed by atoms with Crippen LogP contribution >= 0.6 is 0 Å². The molecule has 1 unspecified atom stereocenters. The molecule has 0 aliphatic carbocycles. The molecular weight excluding hydrogens is 384 g/mol. The smallest absolute Gasteiger partial charge is 0.204 e. The Morgan fingerprint density at radius 2 is 2.00 bits per heavy atom. The Morgan fingerprint density at radius 3 is 2.63 bits per heavy atom. The summed E-state index contributed by atoms with van der Waals surface area (Å²) in [5.41, 5.74) is 1.61. The number of allylic oxidation sites excluding steroid dienone is 2. The van der Waals surface area contributed by atoms with Gasteiger partial charge < -0.3 is 24.1 Å². The Kier molecular flexibility index (Phi) is 4.77. The summed E-state index contributed by atoms with van der Waals surface area (Å²) in [5, 5.41) is 21.8. The summed E-state index contributed by atoms with van der Waals surface area (Å²) in [4.78, 5) is 13.5. The van der Waals surface area contributed by atoms with Crippen molar-refractivity contribution < 1.29 is 24.1 Å². The highest BCUT2D eigenvalue weighted by atomic mass is 16.5. The molecule has 1 aliphatic heterocycles. The van der Waals surface area contributed by atoms with Gasteiger partial charge in [0.15, 0.2) is 0 Å². The largest absolute Gasteiger partial charge is 0.507 e. The van der Waals surface area contributed by atoms with Crippen molar-refractivity contribution in [3.05, 3.63) is 51.2 Å². The Labute approximate surface area is 174 Å². The summed E-state index contributed by atoms with van der Waals surface area (Å²) in [6.07, 6.45) is 2.31. The van der Waals surface area contributed by atoms with Crippen LogP contribution in [-0.2, 0) is 12.8 Å². The van der Waals surface area contributed by atoms with Crippen molar-refractivity contribution >= 4 is 21.9 Å². The molecule has 3 aromatic rings. The zero-order valence-electron chi connectivity index (χ0n) is 17.8. The second-order valence-electron chi connectivity index (χ2n) is 8.58. The number of hydrogen-bond donors (Lipinski definition) is 2. The van der Waals surface area contributed by atoms with Crippen LogP contribution in [0.5, 0.6) is 17.2 Å². The summed E-state index contributed by atoms with van der Waals surface area (Å²) >= 11 is 0. The molecule has 6 nitrogen and oxygen atoms in total. The number of hydrogen-bond acceptors (Lipinski definition) is 6. The molecule has 0 spiro atoms. The molecular formula is C24H26O6. The number of aromatic hydroxyl groups is 1. The molecule has 1 atom stereocenters. The van der Waals surface area contributed by atoms with E-state index in [1.807, 2.05) is 19.9 Å². The standard InChI is InChI=1S/C24H26O6/c1-12(2)6-7-13-15(28-5)8-9-16-20(13)23(26)21-18(29-16)11-17-14(22(21)25)10-19(30-17)24(3,4)27/h6,8-9,11,19,25,27H,7,10H2,1-5H3. The van der Waals surface area contributed by atoms with Gasteiger partial charge in [0.2, 0.25) is 5.43 Å². The Hall–Kier alpha value is -2.99. The highest BCUT2D eigenvalue weighted by Crippen LogP contribution is 2.43. The summed E-state index contributed by atoms with van der Waals surface area (Å²) in [6, 6.07) is 5.10. The fourth-order valence-corrected chi connectivity index (χ4v) is 3.92. The van der Waals surface area contributed by atoms with E-state index < -0.39 is 11.7 Å². The summed E-state index contributed by atoms with van der Waals surface area (Å²) in [5.74, 6) is 0.867. The monoisotopic (exact) mass is 410 g/mol. The topological polar surface area (TPSA) is 89.1 Å². The quantitative estimate of drug-likeness (QED) is 0.494. The number of methoxy groups -OCH3 is 1. The molecule has 0 saturated carbocycles. The third-order valence-corrected chi connectivity index (χ3v) is 5.62. The zero-order valence-corrected chi connectivity index (χ0v) is 17.8. The number of aliphatic hydroxyl groups is 1. The van der Waals surface area contributed by atoms with Gasteiger partial charge in [-0.1, -0.05) is 11.6 Å². The molecule has 0 bridgehead atoms. The van der Waals surface area contributed by atoms with Crippen molar-refractivity contribution in [2.75, 3.05) is 7.11 Å². The van der Waals surface area contributed by atoms with Crippen LogP contribution in [-0.4, -0.2) is 29.0 Å². The summed E-state index contributed by atoms with van der Waals surface area (Å²) in [7, 11) is 1.56. The van der Waals surface area contributed by atoms with E-state index in [1.54, 1.807) is 39.2 Å². The average Bonchev–Trinajstić information content (AvgIpc) is 3.10. The lowest BCUT2D eigenvalue weighted by Crippen LogP contribution is -2.39. The van der Waals surface area contributed by atoms with Crippen LogP contribution in [0.25, 0.3) is 21.9 Å². The van der Waals surface area contributed by atoms with Crippen LogP contribution in [0.15, 0.2) is 39.1 Å². The van der Waals surface area contributed by atoms with E-state index in [0.717, 1.165) is 11.1 Å². The predicted molar refractivity (Wildman–Crippen MR) is 116 cm³/mol. The molecule has 6 heteroatoms. The van der Waals surface area contributed by atoms with Crippen molar-refractivity contribution in [2.24, 2.45) is 0 Å². The molecule has 1 aromatic heterocycles.